The zero-order valence-corrected chi connectivity index (χ0v) is 11.5. The van der Waals surface area contributed by atoms with Crippen LogP contribution in [0.15, 0.2) is 41.5 Å². The second-order valence-electron chi connectivity index (χ2n) is 4.17. The van der Waals surface area contributed by atoms with Crippen LogP contribution in [0.5, 0.6) is 5.75 Å². The quantitative estimate of drug-likeness (QED) is 0.649. The van der Waals surface area contributed by atoms with E-state index < -0.39 is 11.9 Å². The van der Waals surface area contributed by atoms with Gasteiger partial charge in [0, 0.05) is 5.56 Å². The van der Waals surface area contributed by atoms with E-state index in [9.17, 15) is 9.59 Å². The average molecular weight is 289 g/mol. The molecule has 0 aliphatic heterocycles. The van der Waals surface area contributed by atoms with Gasteiger partial charge in [0.05, 0.1) is 18.8 Å². The lowest BCUT2D eigenvalue weighted by Gasteiger charge is -2.08. The Balaban J connectivity index is 2.24. The maximum absolute atomic E-state index is 12.0. The van der Waals surface area contributed by atoms with E-state index in [0.29, 0.717) is 23.5 Å². The molecule has 0 aliphatic carbocycles. The number of fused-ring (bicyclic) bond motifs is 1. The molecular formula is C15H15NO5. The number of carbonyl (C=O) groups is 2. The van der Waals surface area contributed by atoms with Gasteiger partial charge in [-0.2, -0.15) is 0 Å². The van der Waals surface area contributed by atoms with Gasteiger partial charge in [-0.05, 0) is 18.2 Å². The van der Waals surface area contributed by atoms with Crippen LogP contribution in [0.2, 0.25) is 0 Å². The van der Waals surface area contributed by atoms with Crippen LogP contribution in [-0.2, 0) is 9.53 Å². The Morgan fingerprint density at radius 1 is 1.43 bits per heavy atom. The number of benzene rings is 1. The van der Waals surface area contributed by atoms with Gasteiger partial charge in [-0.3, -0.25) is 9.59 Å². The minimum absolute atomic E-state index is 0.200. The molecule has 0 bridgehead atoms. The van der Waals surface area contributed by atoms with Gasteiger partial charge in [-0.25, -0.2) is 0 Å². The summed E-state index contributed by atoms with van der Waals surface area (Å²) in [6.45, 7) is 3.69. The molecule has 21 heavy (non-hydrogen) atoms. The third-order valence-corrected chi connectivity index (χ3v) is 2.77. The van der Waals surface area contributed by atoms with Crippen LogP contribution in [0.4, 0.5) is 0 Å². The summed E-state index contributed by atoms with van der Waals surface area (Å²) in [7, 11) is 1.25. The van der Waals surface area contributed by atoms with E-state index in [0.717, 1.165) is 5.39 Å². The summed E-state index contributed by atoms with van der Waals surface area (Å²) in [4.78, 5) is 23.1. The van der Waals surface area contributed by atoms with Crippen molar-refractivity contribution in [2.24, 2.45) is 0 Å². The number of nitrogens with one attached hydrogen (secondary N) is 1. The van der Waals surface area contributed by atoms with E-state index in [1.54, 1.807) is 24.3 Å². The molecule has 0 aliphatic rings. The van der Waals surface area contributed by atoms with Crippen LogP contribution in [0.3, 0.4) is 0 Å². The van der Waals surface area contributed by atoms with Crippen molar-refractivity contribution < 1.29 is 23.5 Å². The molecular weight excluding hydrogens is 274 g/mol. The summed E-state index contributed by atoms with van der Waals surface area (Å²) in [5.74, 6) is -0.419. The Morgan fingerprint density at radius 3 is 2.95 bits per heavy atom. The summed E-state index contributed by atoms with van der Waals surface area (Å²) < 4.78 is 15.3. The number of esters is 1. The van der Waals surface area contributed by atoms with Crippen molar-refractivity contribution in [2.45, 2.75) is 0 Å². The molecule has 1 amide bonds. The smallest absolute Gasteiger partial charge is 0.325 e. The van der Waals surface area contributed by atoms with Crippen molar-refractivity contribution in [3.8, 4) is 5.75 Å². The maximum atomic E-state index is 12.0. The Kier molecular flexibility index (Phi) is 4.61. The SMILES string of the molecule is C=CCOc1cc(C(=O)NCC(=O)OC)cc2occc12. The van der Waals surface area contributed by atoms with E-state index in [2.05, 4.69) is 16.6 Å². The normalized spacial score (nSPS) is 10.1. The van der Waals surface area contributed by atoms with Crippen molar-refractivity contribution in [2.75, 3.05) is 20.3 Å². The third kappa shape index (κ3) is 3.42. The van der Waals surface area contributed by atoms with E-state index in [1.165, 1.54) is 13.4 Å². The molecule has 0 saturated carbocycles. The van der Waals surface area contributed by atoms with Gasteiger partial charge in [0.1, 0.15) is 24.5 Å². The van der Waals surface area contributed by atoms with Crippen LogP contribution in [0.1, 0.15) is 10.4 Å². The van der Waals surface area contributed by atoms with Crippen LogP contribution in [0, 0.1) is 0 Å². The fourth-order valence-corrected chi connectivity index (χ4v) is 1.76. The molecule has 1 aromatic heterocycles. The van der Waals surface area contributed by atoms with Gasteiger partial charge in [-0.1, -0.05) is 12.7 Å². The van der Waals surface area contributed by atoms with Crippen molar-refractivity contribution >= 4 is 22.8 Å². The number of hydrogen-bond donors (Lipinski definition) is 1. The molecule has 0 saturated heterocycles. The highest BCUT2D eigenvalue weighted by Crippen LogP contribution is 2.28. The molecule has 6 nitrogen and oxygen atoms in total. The van der Waals surface area contributed by atoms with Crippen LogP contribution in [-0.4, -0.2) is 32.1 Å². The second-order valence-corrected chi connectivity index (χ2v) is 4.17. The molecule has 1 aromatic carbocycles. The fraction of sp³-hybridized carbons (Fsp3) is 0.200. The largest absolute Gasteiger partial charge is 0.489 e. The molecule has 1 heterocycles. The predicted octanol–water partition coefficient (Wildman–Crippen LogP) is 1.90. The molecule has 0 radical (unpaired) electrons. The second kappa shape index (κ2) is 6.60. The Bertz CT molecular complexity index is 674. The number of hydrogen-bond acceptors (Lipinski definition) is 5. The minimum Gasteiger partial charge on any atom is -0.489 e. The first-order chi connectivity index (χ1) is 10.2. The number of furan rings is 1. The van der Waals surface area contributed by atoms with Gasteiger partial charge < -0.3 is 19.2 Å². The average Bonchev–Trinajstić information content (AvgIpc) is 2.98. The van der Waals surface area contributed by atoms with Crippen molar-refractivity contribution in [1.82, 2.24) is 5.32 Å². The van der Waals surface area contributed by atoms with Crippen molar-refractivity contribution in [1.29, 1.82) is 0 Å². The standard InChI is InChI=1S/C15H15NO5/c1-3-5-20-12-7-10(8-13-11(12)4-6-21-13)15(18)16-9-14(17)19-2/h3-4,6-8H,1,5,9H2,2H3,(H,16,18). The number of rotatable bonds is 6. The lowest BCUT2D eigenvalue weighted by atomic mass is 10.1. The Labute approximate surface area is 121 Å². The molecule has 0 unspecified atom stereocenters. The number of methoxy groups -OCH3 is 1. The molecule has 6 heteroatoms. The molecule has 0 atom stereocenters. The topological polar surface area (TPSA) is 77.8 Å². The molecule has 0 spiro atoms. The summed E-state index contributed by atoms with van der Waals surface area (Å²) in [5, 5.41) is 3.22. The molecule has 2 rings (SSSR count). The summed E-state index contributed by atoms with van der Waals surface area (Å²) in [6.07, 6.45) is 3.12. The van der Waals surface area contributed by atoms with Gasteiger partial charge in [0.25, 0.3) is 5.91 Å². The lowest BCUT2D eigenvalue weighted by Crippen LogP contribution is -2.30. The van der Waals surface area contributed by atoms with Crippen LogP contribution in [0.25, 0.3) is 11.0 Å². The first-order valence-electron chi connectivity index (χ1n) is 6.25. The van der Waals surface area contributed by atoms with Gasteiger partial charge in [0.2, 0.25) is 0 Å². The van der Waals surface area contributed by atoms with E-state index >= 15 is 0 Å². The number of carbonyl (C=O) groups excluding carboxylic acids is 2. The highest BCUT2D eigenvalue weighted by molar-refractivity contribution is 6.00. The van der Waals surface area contributed by atoms with E-state index in [4.69, 9.17) is 9.15 Å². The van der Waals surface area contributed by atoms with Crippen LogP contribution < -0.4 is 10.1 Å². The predicted molar refractivity (Wildman–Crippen MR) is 76.3 cm³/mol. The zero-order valence-electron chi connectivity index (χ0n) is 11.5. The van der Waals surface area contributed by atoms with E-state index in [-0.39, 0.29) is 6.54 Å². The van der Waals surface area contributed by atoms with E-state index in [1.807, 2.05) is 0 Å². The highest BCUT2D eigenvalue weighted by Gasteiger charge is 2.14. The molecule has 1 N–H and O–H groups in total. The van der Waals surface area contributed by atoms with Crippen molar-refractivity contribution in [3.63, 3.8) is 0 Å². The monoisotopic (exact) mass is 289 g/mol. The summed E-state index contributed by atoms with van der Waals surface area (Å²) in [5.41, 5.74) is 0.861. The summed E-state index contributed by atoms with van der Waals surface area (Å²) in [6, 6.07) is 4.93. The summed E-state index contributed by atoms with van der Waals surface area (Å²) >= 11 is 0. The highest BCUT2D eigenvalue weighted by atomic mass is 16.5. The zero-order chi connectivity index (χ0) is 15.2. The first kappa shape index (κ1) is 14.6. The molecule has 2 aromatic rings. The minimum atomic E-state index is -0.523. The Morgan fingerprint density at radius 2 is 2.24 bits per heavy atom. The van der Waals surface area contributed by atoms with Gasteiger partial charge >= 0.3 is 5.97 Å². The molecule has 0 fully saturated rings. The first-order valence-corrected chi connectivity index (χ1v) is 6.25. The lowest BCUT2D eigenvalue weighted by molar-refractivity contribution is -0.139. The maximum Gasteiger partial charge on any atom is 0.325 e. The molecule has 110 valence electrons. The van der Waals surface area contributed by atoms with Gasteiger partial charge in [0.15, 0.2) is 0 Å². The Hall–Kier alpha value is -2.76. The fourth-order valence-electron chi connectivity index (χ4n) is 1.76. The van der Waals surface area contributed by atoms with Gasteiger partial charge in [-0.15, -0.1) is 0 Å². The number of amides is 1. The number of ether oxygens (including phenoxy) is 2. The van der Waals surface area contributed by atoms with Crippen molar-refractivity contribution in [3.05, 3.63) is 42.7 Å². The van der Waals surface area contributed by atoms with Crippen LogP contribution >= 0.6 is 0 Å². The third-order valence-electron chi connectivity index (χ3n) is 2.77.